The Kier molecular flexibility index (Phi) is 5.16. The summed E-state index contributed by atoms with van der Waals surface area (Å²) in [4.78, 5) is 0. The Morgan fingerprint density at radius 1 is 0.786 bits per heavy atom. The molecule has 0 bridgehead atoms. The van der Waals surface area contributed by atoms with Crippen molar-refractivity contribution in [3.63, 3.8) is 0 Å². The summed E-state index contributed by atoms with van der Waals surface area (Å²) in [6.45, 7) is 0.721. The van der Waals surface area contributed by atoms with E-state index in [4.69, 9.17) is 4.74 Å². The summed E-state index contributed by atoms with van der Waals surface area (Å²) < 4.78 is 20.4. The number of halogens is 1. The topological polar surface area (TPSA) is 13.1 Å². The minimum atomic E-state index is -0.206. The monoisotopic (exact) mass is 370 g/mol. The van der Waals surface area contributed by atoms with E-state index in [9.17, 15) is 4.39 Å². The Morgan fingerprint density at radius 2 is 1.46 bits per heavy atom. The van der Waals surface area contributed by atoms with Crippen LogP contribution in [0.15, 0.2) is 85.2 Å². The third-order valence-electron chi connectivity index (χ3n) is 4.74. The average Bonchev–Trinajstić information content (AvgIpc) is 2.74. The van der Waals surface area contributed by atoms with E-state index in [1.165, 1.54) is 17.5 Å². The normalized spacial score (nSPS) is 11.2. The Morgan fingerprint density at radius 3 is 2.21 bits per heavy atom. The van der Waals surface area contributed by atoms with Gasteiger partial charge in [-0.05, 0) is 64.4 Å². The SMILES string of the molecule is COc1ccc2cc(/C=C/c3cc[n+](Cc4ccc(F)cc4)cc3)ccc2c1. The summed E-state index contributed by atoms with van der Waals surface area (Å²) in [6, 6.07) is 23.2. The van der Waals surface area contributed by atoms with E-state index in [2.05, 4.69) is 53.1 Å². The fourth-order valence-electron chi connectivity index (χ4n) is 3.15. The number of pyridine rings is 1. The molecule has 3 aromatic carbocycles. The molecule has 28 heavy (non-hydrogen) atoms. The van der Waals surface area contributed by atoms with Crippen LogP contribution in [0.3, 0.4) is 0 Å². The van der Waals surface area contributed by atoms with Gasteiger partial charge in [0.25, 0.3) is 0 Å². The zero-order chi connectivity index (χ0) is 19.3. The molecule has 4 rings (SSSR count). The standard InChI is InChI=1S/C25H21FNO/c1-28-25-11-8-22-16-20(4-7-23(22)17-25)3-2-19-12-14-27(15-13-19)18-21-5-9-24(26)10-6-21/h2-17H,18H2,1H3/q+1/b3-2+. The first-order valence-electron chi connectivity index (χ1n) is 9.19. The van der Waals surface area contributed by atoms with Crippen LogP contribution in [0, 0.1) is 5.82 Å². The van der Waals surface area contributed by atoms with Gasteiger partial charge < -0.3 is 4.74 Å². The predicted molar refractivity (Wildman–Crippen MR) is 112 cm³/mol. The van der Waals surface area contributed by atoms with E-state index < -0.39 is 0 Å². The molecule has 2 nitrogen and oxygen atoms in total. The van der Waals surface area contributed by atoms with Crippen LogP contribution < -0.4 is 9.30 Å². The van der Waals surface area contributed by atoms with Gasteiger partial charge in [-0.15, -0.1) is 0 Å². The van der Waals surface area contributed by atoms with Gasteiger partial charge in [0.1, 0.15) is 11.6 Å². The average molecular weight is 370 g/mol. The van der Waals surface area contributed by atoms with Gasteiger partial charge in [-0.1, -0.05) is 30.4 Å². The minimum absolute atomic E-state index is 0.206. The van der Waals surface area contributed by atoms with Crippen molar-refractivity contribution in [2.45, 2.75) is 6.54 Å². The highest BCUT2D eigenvalue weighted by molar-refractivity contribution is 5.87. The van der Waals surface area contributed by atoms with Gasteiger partial charge in [0, 0.05) is 17.7 Å². The quantitative estimate of drug-likeness (QED) is 0.423. The lowest BCUT2D eigenvalue weighted by Gasteiger charge is -2.03. The van der Waals surface area contributed by atoms with Crippen LogP contribution in [-0.4, -0.2) is 7.11 Å². The summed E-state index contributed by atoms with van der Waals surface area (Å²) in [5.74, 6) is 0.663. The Labute approximate surface area is 164 Å². The molecule has 0 radical (unpaired) electrons. The molecule has 0 amide bonds. The van der Waals surface area contributed by atoms with Crippen molar-refractivity contribution < 1.29 is 13.7 Å². The number of aromatic nitrogens is 1. The maximum atomic E-state index is 13.0. The molecular formula is C25H21FNO+. The molecule has 0 atom stereocenters. The molecule has 0 aliphatic rings. The molecule has 1 aromatic heterocycles. The summed E-state index contributed by atoms with van der Waals surface area (Å²) in [6.07, 6.45) is 8.29. The molecular weight excluding hydrogens is 349 g/mol. The predicted octanol–water partition coefficient (Wildman–Crippen LogP) is 5.49. The number of fused-ring (bicyclic) bond motifs is 1. The van der Waals surface area contributed by atoms with Crippen LogP contribution in [0.4, 0.5) is 4.39 Å². The van der Waals surface area contributed by atoms with Gasteiger partial charge >= 0.3 is 0 Å². The van der Waals surface area contributed by atoms with Crippen LogP contribution in [0.1, 0.15) is 16.7 Å². The van der Waals surface area contributed by atoms with Crippen molar-refractivity contribution in [2.24, 2.45) is 0 Å². The smallest absolute Gasteiger partial charge is 0.173 e. The molecule has 1 heterocycles. The second-order valence-electron chi connectivity index (χ2n) is 6.74. The van der Waals surface area contributed by atoms with Crippen molar-refractivity contribution in [1.82, 2.24) is 0 Å². The largest absolute Gasteiger partial charge is 0.497 e. The summed E-state index contributed by atoms with van der Waals surface area (Å²) in [5.41, 5.74) is 3.35. The van der Waals surface area contributed by atoms with Crippen molar-refractivity contribution >= 4 is 22.9 Å². The molecule has 138 valence electrons. The first kappa shape index (κ1) is 17.9. The molecule has 0 N–H and O–H groups in total. The second-order valence-corrected chi connectivity index (χ2v) is 6.74. The highest BCUT2D eigenvalue weighted by Gasteiger charge is 2.03. The number of nitrogens with zero attached hydrogens (tertiary/aromatic N) is 1. The Hall–Kier alpha value is -3.46. The van der Waals surface area contributed by atoms with Gasteiger partial charge in [0.05, 0.1) is 7.11 Å². The zero-order valence-corrected chi connectivity index (χ0v) is 15.7. The maximum Gasteiger partial charge on any atom is 0.173 e. The second kappa shape index (κ2) is 8.05. The van der Waals surface area contributed by atoms with E-state index in [0.29, 0.717) is 0 Å². The van der Waals surface area contributed by atoms with Crippen molar-refractivity contribution in [1.29, 1.82) is 0 Å². The van der Waals surface area contributed by atoms with Crippen LogP contribution in [-0.2, 0) is 6.54 Å². The van der Waals surface area contributed by atoms with Crippen molar-refractivity contribution in [2.75, 3.05) is 7.11 Å². The van der Waals surface area contributed by atoms with E-state index in [0.717, 1.165) is 34.4 Å². The summed E-state index contributed by atoms with van der Waals surface area (Å²) >= 11 is 0. The molecule has 0 saturated heterocycles. The third-order valence-corrected chi connectivity index (χ3v) is 4.74. The number of rotatable bonds is 5. The van der Waals surface area contributed by atoms with Crippen molar-refractivity contribution in [3.05, 3.63) is 108 Å². The Bertz CT molecular complexity index is 1120. The highest BCUT2D eigenvalue weighted by atomic mass is 19.1. The molecule has 3 heteroatoms. The van der Waals surface area contributed by atoms with E-state index in [1.807, 2.05) is 36.7 Å². The van der Waals surface area contributed by atoms with Crippen molar-refractivity contribution in [3.8, 4) is 5.75 Å². The third kappa shape index (κ3) is 4.26. The zero-order valence-electron chi connectivity index (χ0n) is 15.7. The van der Waals surface area contributed by atoms with E-state index in [-0.39, 0.29) is 5.82 Å². The fraction of sp³-hybridized carbons (Fsp3) is 0.0800. The molecule has 0 fully saturated rings. The lowest BCUT2D eigenvalue weighted by Crippen LogP contribution is -2.33. The number of hydrogen-bond donors (Lipinski definition) is 0. The van der Waals surface area contributed by atoms with Gasteiger partial charge in [-0.2, -0.15) is 0 Å². The molecule has 4 aromatic rings. The molecule has 0 aliphatic carbocycles. The molecule has 0 spiro atoms. The summed E-state index contributed by atoms with van der Waals surface area (Å²) in [5, 5.41) is 2.35. The van der Waals surface area contributed by atoms with Crippen LogP contribution >= 0.6 is 0 Å². The summed E-state index contributed by atoms with van der Waals surface area (Å²) in [7, 11) is 1.68. The first-order valence-corrected chi connectivity index (χ1v) is 9.19. The molecule has 0 unspecified atom stereocenters. The van der Waals surface area contributed by atoms with E-state index in [1.54, 1.807) is 7.11 Å². The lowest BCUT2D eigenvalue weighted by atomic mass is 10.1. The highest BCUT2D eigenvalue weighted by Crippen LogP contribution is 2.22. The number of ether oxygens (including phenoxy) is 1. The molecule has 0 aliphatic heterocycles. The van der Waals surface area contributed by atoms with Gasteiger partial charge in [0.15, 0.2) is 18.9 Å². The number of hydrogen-bond acceptors (Lipinski definition) is 1. The van der Waals surface area contributed by atoms with Crippen LogP contribution in [0.25, 0.3) is 22.9 Å². The first-order chi connectivity index (χ1) is 13.7. The van der Waals surface area contributed by atoms with Crippen LogP contribution in [0.5, 0.6) is 5.75 Å². The minimum Gasteiger partial charge on any atom is -0.497 e. The maximum absolute atomic E-state index is 13.0. The van der Waals surface area contributed by atoms with Gasteiger partial charge in [-0.3, -0.25) is 0 Å². The lowest BCUT2D eigenvalue weighted by molar-refractivity contribution is -0.688. The van der Waals surface area contributed by atoms with Gasteiger partial charge in [0.2, 0.25) is 0 Å². The number of methoxy groups -OCH3 is 1. The van der Waals surface area contributed by atoms with E-state index >= 15 is 0 Å². The van der Waals surface area contributed by atoms with Crippen LogP contribution in [0.2, 0.25) is 0 Å². The Balaban J connectivity index is 1.46. The fourth-order valence-corrected chi connectivity index (χ4v) is 3.15. The van der Waals surface area contributed by atoms with Gasteiger partial charge in [-0.25, -0.2) is 8.96 Å². The molecule has 0 saturated carbocycles. The number of benzene rings is 3.